The molecule has 1 aromatic heterocycles. The van der Waals surface area contributed by atoms with E-state index in [1.165, 1.54) is 25.0 Å². The highest BCUT2D eigenvalue weighted by Gasteiger charge is 2.35. The van der Waals surface area contributed by atoms with Crippen LogP contribution in [0, 0.1) is 0 Å². The SMILES string of the molecule is Cn1cccc1CNC1(CCO)CCC1. The summed E-state index contributed by atoms with van der Waals surface area (Å²) in [6.07, 6.45) is 6.66. The van der Waals surface area contributed by atoms with Gasteiger partial charge in [-0.15, -0.1) is 0 Å². The molecule has 1 heterocycles. The van der Waals surface area contributed by atoms with Gasteiger partial charge >= 0.3 is 0 Å². The lowest BCUT2D eigenvalue weighted by molar-refractivity contribution is 0.129. The molecule has 0 bridgehead atoms. The summed E-state index contributed by atoms with van der Waals surface area (Å²) in [5.41, 5.74) is 1.53. The normalized spacial score (nSPS) is 18.8. The van der Waals surface area contributed by atoms with Crippen LogP contribution >= 0.6 is 0 Å². The summed E-state index contributed by atoms with van der Waals surface area (Å²) in [6, 6.07) is 4.20. The van der Waals surface area contributed by atoms with Gasteiger partial charge in [-0.1, -0.05) is 0 Å². The minimum atomic E-state index is 0.221. The highest BCUT2D eigenvalue weighted by atomic mass is 16.3. The molecule has 0 saturated heterocycles. The lowest BCUT2D eigenvalue weighted by atomic mass is 9.74. The first kappa shape index (κ1) is 10.7. The Morgan fingerprint density at radius 2 is 2.33 bits per heavy atom. The molecule has 2 N–H and O–H groups in total. The van der Waals surface area contributed by atoms with E-state index in [4.69, 9.17) is 5.11 Å². The van der Waals surface area contributed by atoms with Crippen LogP contribution in [0.25, 0.3) is 0 Å². The van der Waals surface area contributed by atoms with Crippen molar-refractivity contribution in [3.05, 3.63) is 24.0 Å². The van der Waals surface area contributed by atoms with Gasteiger partial charge < -0.3 is 15.0 Å². The fourth-order valence-corrected chi connectivity index (χ4v) is 2.29. The number of hydrogen-bond acceptors (Lipinski definition) is 2. The average molecular weight is 208 g/mol. The van der Waals surface area contributed by atoms with Crippen LogP contribution in [0.1, 0.15) is 31.4 Å². The predicted molar refractivity (Wildman–Crippen MR) is 60.5 cm³/mol. The molecule has 0 unspecified atom stereocenters. The van der Waals surface area contributed by atoms with E-state index in [-0.39, 0.29) is 5.54 Å². The highest BCUT2D eigenvalue weighted by Crippen LogP contribution is 2.34. The Balaban J connectivity index is 1.89. The van der Waals surface area contributed by atoms with E-state index in [0.717, 1.165) is 13.0 Å². The Morgan fingerprint density at radius 3 is 2.80 bits per heavy atom. The van der Waals surface area contributed by atoms with Crippen LogP contribution in [0.2, 0.25) is 0 Å². The Kier molecular flexibility index (Phi) is 3.12. The van der Waals surface area contributed by atoms with Gasteiger partial charge in [0.25, 0.3) is 0 Å². The van der Waals surface area contributed by atoms with Crippen molar-refractivity contribution < 1.29 is 5.11 Å². The van der Waals surface area contributed by atoms with Crippen LogP contribution in [0.15, 0.2) is 18.3 Å². The topological polar surface area (TPSA) is 37.2 Å². The first-order valence-electron chi connectivity index (χ1n) is 5.72. The lowest BCUT2D eigenvalue weighted by Gasteiger charge is -2.42. The number of nitrogens with one attached hydrogen (secondary N) is 1. The Bertz CT molecular complexity index is 315. The minimum absolute atomic E-state index is 0.221. The van der Waals surface area contributed by atoms with Crippen LogP contribution < -0.4 is 5.32 Å². The molecule has 1 aliphatic rings. The predicted octanol–water partition coefficient (Wildman–Crippen LogP) is 1.42. The molecule has 1 aliphatic carbocycles. The number of aliphatic hydroxyl groups excluding tert-OH is 1. The van der Waals surface area contributed by atoms with Crippen molar-refractivity contribution in [2.24, 2.45) is 7.05 Å². The van der Waals surface area contributed by atoms with E-state index in [2.05, 4.69) is 35.3 Å². The third-order valence-electron chi connectivity index (χ3n) is 3.60. The summed E-state index contributed by atoms with van der Waals surface area (Å²) in [5.74, 6) is 0. The summed E-state index contributed by atoms with van der Waals surface area (Å²) in [5, 5.41) is 12.6. The van der Waals surface area contributed by atoms with Gasteiger partial charge in [-0.25, -0.2) is 0 Å². The molecule has 0 aliphatic heterocycles. The highest BCUT2D eigenvalue weighted by molar-refractivity contribution is 5.07. The summed E-state index contributed by atoms with van der Waals surface area (Å²) >= 11 is 0. The van der Waals surface area contributed by atoms with E-state index in [1.807, 2.05) is 0 Å². The maximum Gasteiger partial charge on any atom is 0.0448 e. The number of nitrogens with zero attached hydrogens (tertiary/aromatic N) is 1. The summed E-state index contributed by atoms with van der Waals surface area (Å²) < 4.78 is 2.14. The molecule has 3 nitrogen and oxygen atoms in total. The molecular weight excluding hydrogens is 188 g/mol. The second-order valence-electron chi connectivity index (χ2n) is 4.57. The zero-order valence-electron chi connectivity index (χ0n) is 9.37. The zero-order valence-corrected chi connectivity index (χ0v) is 9.37. The average Bonchev–Trinajstić information content (AvgIpc) is 2.56. The Labute approximate surface area is 91.1 Å². The molecule has 0 aromatic carbocycles. The van der Waals surface area contributed by atoms with Crippen molar-refractivity contribution in [1.82, 2.24) is 9.88 Å². The maximum absolute atomic E-state index is 9.03. The van der Waals surface area contributed by atoms with Crippen molar-refractivity contribution in [3.8, 4) is 0 Å². The van der Waals surface area contributed by atoms with E-state index >= 15 is 0 Å². The molecule has 1 fully saturated rings. The number of aromatic nitrogens is 1. The largest absolute Gasteiger partial charge is 0.396 e. The van der Waals surface area contributed by atoms with Crippen LogP contribution in [0.4, 0.5) is 0 Å². The molecule has 1 aromatic rings. The monoisotopic (exact) mass is 208 g/mol. The van der Waals surface area contributed by atoms with Crippen LogP contribution in [0.3, 0.4) is 0 Å². The van der Waals surface area contributed by atoms with Gasteiger partial charge in [-0.3, -0.25) is 0 Å². The first-order valence-corrected chi connectivity index (χ1v) is 5.72. The van der Waals surface area contributed by atoms with E-state index in [0.29, 0.717) is 6.61 Å². The Hall–Kier alpha value is -0.800. The molecule has 15 heavy (non-hydrogen) atoms. The van der Waals surface area contributed by atoms with Crippen LogP contribution in [-0.2, 0) is 13.6 Å². The number of aliphatic hydroxyl groups is 1. The molecule has 84 valence electrons. The minimum Gasteiger partial charge on any atom is -0.396 e. The Morgan fingerprint density at radius 1 is 1.53 bits per heavy atom. The van der Waals surface area contributed by atoms with Crippen molar-refractivity contribution in [2.45, 2.75) is 37.8 Å². The van der Waals surface area contributed by atoms with Gasteiger partial charge in [0, 0.05) is 37.6 Å². The maximum atomic E-state index is 9.03. The van der Waals surface area contributed by atoms with Crippen molar-refractivity contribution >= 4 is 0 Å². The molecule has 0 atom stereocenters. The number of hydrogen-bond donors (Lipinski definition) is 2. The van der Waals surface area contributed by atoms with Crippen molar-refractivity contribution in [2.75, 3.05) is 6.61 Å². The molecule has 0 amide bonds. The van der Waals surface area contributed by atoms with Gasteiger partial charge in [0.05, 0.1) is 0 Å². The second-order valence-corrected chi connectivity index (χ2v) is 4.57. The van der Waals surface area contributed by atoms with Gasteiger partial charge in [-0.2, -0.15) is 0 Å². The van der Waals surface area contributed by atoms with E-state index < -0.39 is 0 Å². The van der Waals surface area contributed by atoms with Gasteiger partial charge in [0.2, 0.25) is 0 Å². The quantitative estimate of drug-likeness (QED) is 0.768. The van der Waals surface area contributed by atoms with E-state index in [1.54, 1.807) is 0 Å². The zero-order chi connectivity index (χ0) is 10.7. The number of aryl methyl sites for hydroxylation is 1. The summed E-state index contributed by atoms with van der Waals surface area (Å²) in [4.78, 5) is 0. The summed E-state index contributed by atoms with van der Waals surface area (Å²) in [7, 11) is 2.07. The van der Waals surface area contributed by atoms with E-state index in [9.17, 15) is 0 Å². The van der Waals surface area contributed by atoms with Gasteiger partial charge in [0.1, 0.15) is 0 Å². The third kappa shape index (κ3) is 2.24. The smallest absolute Gasteiger partial charge is 0.0448 e. The molecule has 1 saturated carbocycles. The fraction of sp³-hybridized carbons (Fsp3) is 0.667. The van der Waals surface area contributed by atoms with Gasteiger partial charge in [-0.05, 0) is 37.8 Å². The van der Waals surface area contributed by atoms with Crippen molar-refractivity contribution in [3.63, 3.8) is 0 Å². The second kappa shape index (κ2) is 4.37. The molecule has 3 heteroatoms. The molecule has 2 rings (SSSR count). The first-order chi connectivity index (χ1) is 7.26. The van der Waals surface area contributed by atoms with Crippen LogP contribution in [-0.4, -0.2) is 21.8 Å². The summed E-state index contributed by atoms with van der Waals surface area (Å²) in [6.45, 7) is 1.20. The lowest BCUT2D eigenvalue weighted by Crippen LogP contribution is -2.51. The third-order valence-corrected chi connectivity index (χ3v) is 3.60. The molecule has 0 spiro atoms. The number of rotatable bonds is 5. The molecular formula is C12H20N2O. The van der Waals surface area contributed by atoms with Crippen molar-refractivity contribution in [1.29, 1.82) is 0 Å². The van der Waals surface area contributed by atoms with Crippen LogP contribution in [0.5, 0.6) is 0 Å². The van der Waals surface area contributed by atoms with Gasteiger partial charge in [0.15, 0.2) is 0 Å². The molecule has 0 radical (unpaired) electrons. The standard InChI is InChI=1S/C12H20N2O/c1-14-8-2-4-11(14)10-13-12(7-9-15)5-3-6-12/h2,4,8,13,15H,3,5-7,9-10H2,1H3. The fourth-order valence-electron chi connectivity index (χ4n) is 2.29.